The molecule has 2 aromatic carbocycles. The molecule has 0 aliphatic carbocycles. The zero-order chi connectivity index (χ0) is 10.8. The van der Waals surface area contributed by atoms with E-state index in [1.54, 1.807) is 18.2 Å². The predicted molar refractivity (Wildman–Crippen MR) is 58.1 cm³/mol. The summed E-state index contributed by atoms with van der Waals surface area (Å²) in [5.41, 5.74) is 2.27. The first-order chi connectivity index (χ1) is 7.27. The van der Waals surface area contributed by atoms with Crippen LogP contribution in [-0.2, 0) is 0 Å². The Morgan fingerprint density at radius 1 is 0.933 bits per heavy atom. The molecule has 0 saturated heterocycles. The van der Waals surface area contributed by atoms with Gasteiger partial charge in [0.15, 0.2) is 0 Å². The topological polar surface area (TPSA) is 47.6 Å². The smallest absolute Gasteiger partial charge is 0.0998 e. The van der Waals surface area contributed by atoms with Crippen molar-refractivity contribution >= 4 is 10.8 Å². The van der Waals surface area contributed by atoms with Crippen molar-refractivity contribution in [1.82, 2.24) is 0 Å². The second-order valence-electron chi connectivity index (χ2n) is 3.38. The molecule has 0 aromatic heterocycles. The van der Waals surface area contributed by atoms with Gasteiger partial charge in [-0.05, 0) is 24.6 Å². The van der Waals surface area contributed by atoms with Gasteiger partial charge < -0.3 is 0 Å². The highest BCUT2D eigenvalue weighted by Crippen LogP contribution is 2.25. The Kier molecular flexibility index (Phi) is 2.12. The summed E-state index contributed by atoms with van der Waals surface area (Å²) in [5.74, 6) is 0. The standard InChI is InChI=1S/C13H8N2/c1-9-5-6-10(7-14)12-4-2-3-11(8-15)13(9)12/h2-6H,1H3. The van der Waals surface area contributed by atoms with Gasteiger partial charge in [0.25, 0.3) is 0 Å². The molecule has 70 valence electrons. The molecule has 2 aromatic rings. The number of nitriles is 2. The summed E-state index contributed by atoms with van der Waals surface area (Å²) in [7, 11) is 0. The van der Waals surface area contributed by atoms with Crippen LogP contribution in [0, 0.1) is 29.6 Å². The molecule has 0 bridgehead atoms. The van der Waals surface area contributed by atoms with Crippen molar-refractivity contribution in [2.24, 2.45) is 0 Å². The third kappa shape index (κ3) is 1.33. The Hall–Kier alpha value is -2.32. The number of benzene rings is 2. The van der Waals surface area contributed by atoms with Crippen molar-refractivity contribution in [2.75, 3.05) is 0 Å². The van der Waals surface area contributed by atoms with Gasteiger partial charge in [0.1, 0.15) is 0 Å². The van der Waals surface area contributed by atoms with Crippen molar-refractivity contribution in [3.8, 4) is 12.1 Å². The largest absolute Gasteiger partial charge is 0.192 e. The minimum Gasteiger partial charge on any atom is -0.192 e. The lowest BCUT2D eigenvalue weighted by atomic mass is 9.97. The van der Waals surface area contributed by atoms with Gasteiger partial charge in [-0.3, -0.25) is 0 Å². The summed E-state index contributed by atoms with van der Waals surface area (Å²) in [6, 6.07) is 13.4. The van der Waals surface area contributed by atoms with Crippen LogP contribution >= 0.6 is 0 Å². The highest BCUT2D eigenvalue weighted by molar-refractivity contribution is 5.94. The lowest BCUT2D eigenvalue weighted by molar-refractivity contribution is 1.45. The first-order valence-electron chi connectivity index (χ1n) is 4.60. The van der Waals surface area contributed by atoms with Crippen LogP contribution in [0.4, 0.5) is 0 Å². The van der Waals surface area contributed by atoms with Crippen LogP contribution in [-0.4, -0.2) is 0 Å². The zero-order valence-corrected chi connectivity index (χ0v) is 8.28. The molecule has 0 atom stereocenters. The molecule has 2 heteroatoms. The van der Waals surface area contributed by atoms with Gasteiger partial charge in [0, 0.05) is 10.8 Å². The van der Waals surface area contributed by atoms with Gasteiger partial charge in [-0.15, -0.1) is 0 Å². The van der Waals surface area contributed by atoms with Gasteiger partial charge in [-0.2, -0.15) is 10.5 Å². The maximum absolute atomic E-state index is 8.99. The van der Waals surface area contributed by atoms with Crippen molar-refractivity contribution in [2.45, 2.75) is 6.92 Å². The first kappa shape index (κ1) is 9.24. The first-order valence-corrected chi connectivity index (χ1v) is 4.60. The number of rotatable bonds is 0. The van der Waals surface area contributed by atoms with E-state index in [1.165, 1.54) is 0 Å². The molecule has 0 aliphatic heterocycles. The number of fused-ring (bicyclic) bond motifs is 1. The molecule has 0 saturated carbocycles. The average Bonchev–Trinajstić information content (AvgIpc) is 2.29. The summed E-state index contributed by atoms with van der Waals surface area (Å²) in [6.45, 7) is 1.95. The van der Waals surface area contributed by atoms with Crippen molar-refractivity contribution in [3.63, 3.8) is 0 Å². The Morgan fingerprint density at radius 2 is 1.67 bits per heavy atom. The zero-order valence-electron chi connectivity index (χ0n) is 8.28. The molecule has 0 amide bonds. The molecule has 0 spiro atoms. The normalized spacial score (nSPS) is 9.53. The fourth-order valence-corrected chi connectivity index (χ4v) is 1.77. The Morgan fingerprint density at radius 3 is 2.33 bits per heavy atom. The molecule has 0 N–H and O–H groups in total. The summed E-state index contributed by atoms with van der Waals surface area (Å²) in [4.78, 5) is 0. The molecule has 2 rings (SSSR count). The van der Waals surface area contributed by atoms with E-state index >= 15 is 0 Å². The van der Waals surface area contributed by atoms with Crippen LogP contribution in [0.1, 0.15) is 16.7 Å². The molecule has 15 heavy (non-hydrogen) atoms. The van der Waals surface area contributed by atoms with E-state index < -0.39 is 0 Å². The fourth-order valence-electron chi connectivity index (χ4n) is 1.77. The maximum atomic E-state index is 8.99. The minimum atomic E-state index is 0.618. The Labute approximate surface area is 88.0 Å². The summed E-state index contributed by atoms with van der Waals surface area (Å²) in [5, 5.41) is 19.7. The molecule has 0 radical (unpaired) electrons. The molecule has 2 nitrogen and oxygen atoms in total. The van der Waals surface area contributed by atoms with E-state index in [-0.39, 0.29) is 0 Å². The molecule has 0 aliphatic rings. The van der Waals surface area contributed by atoms with Crippen LogP contribution < -0.4 is 0 Å². The van der Waals surface area contributed by atoms with E-state index in [1.807, 2.05) is 19.1 Å². The monoisotopic (exact) mass is 192 g/mol. The maximum Gasteiger partial charge on any atom is 0.0998 e. The second kappa shape index (κ2) is 3.44. The van der Waals surface area contributed by atoms with E-state index in [0.29, 0.717) is 11.1 Å². The second-order valence-corrected chi connectivity index (χ2v) is 3.38. The number of hydrogen-bond donors (Lipinski definition) is 0. The van der Waals surface area contributed by atoms with Crippen molar-refractivity contribution < 1.29 is 0 Å². The van der Waals surface area contributed by atoms with Gasteiger partial charge in [-0.1, -0.05) is 18.2 Å². The molecule has 0 unspecified atom stereocenters. The van der Waals surface area contributed by atoms with Crippen LogP contribution in [0.2, 0.25) is 0 Å². The highest BCUT2D eigenvalue weighted by atomic mass is 14.3. The minimum absolute atomic E-state index is 0.618. The van der Waals surface area contributed by atoms with E-state index in [4.69, 9.17) is 10.5 Å². The molecule has 0 heterocycles. The Bertz CT molecular complexity index is 613. The number of hydrogen-bond acceptors (Lipinski definition) is 2. The third-order valence-corrected chi connectivity index (χ3v) is 2.49. The van der Waals surface area contributed by atoms with E-state index in [2.05, 4.69) is 12.1 Å². The lowest BCUT2D eigenvalue weighted by Crippen LogP contribution is -1.87. The van der Waals surface area contributed by atoms with Crippen molar-refractivity contribution in [3.05, 3.63) is 47.0 Å². The fraction of sp³-hybridized carbons (Fsp3) is 0.0769. The van der Waals surface area contributed by atoms with Crippen LogP contribution in [0.5, 0.6) is 0 Å². The molecule has 0 fully saturated rings. The average molecular weight is 192 g/mol. The SMILES string of the molecule is Cc1ccc(C#N)c2cccc(C#N)c12. The van der Waals surface area contributed by atoms with Gasteiger partial charge in [0.2, 0.25) is 0 Å². The molecular formula is C13H8N2. The summed E-state index contributed by atoms with van der Waals surface area (Å²) >= 11 is 0. The Balaban J connectivity index is 3.02. The van der Waals surface area contributed by atoms with Gasteiger partial charge in [-0.25, -0.2) is 0 Å². The van der Waals surface area contributed by atoms with Crippen molar-refractivity contribution in [1.29, 1.82) is 10.5 Å². The van der Waals surface area contributed by atoms with Gasteiger partial charge >= 0.3 is 0 Å². The van der Waals surface area contributed by atoms with E-state index in [0.717, 1.165) is 16.3 Å². The molecular weight excluding hydrogens is 184 g/mol. The van der Waals surface area contributed by atoms with Gasteiger partial charge in [0.05, 0.1) is 23.3 Å². The number of nitrogens with zero attached hydrogens (tertiary/aromatic N) is 2. The van der Waals surface area contributed by atoms with E-state index in [9.17, 15) is 0 Å². The predicted octanol–water partition coefficient (Wildman–Crippen LogP) is 2.89. The lowest BCUT2D eigenvalue weighted by Gasteiger charge is -2.05. The quantitative estimate of drug-likeness (QED) is 0.644. The highest BCUT2D eigenvalue weighted by Gasteiger charge is 2.06. The van der Waals surface area contributed by atoms with Crippen LogP contribution in [0.15, 0.2) is 30.3 Å². The number of aryl methyl sites for hydroxylation is 1. The van der Waals surface area contributed by atoms with Crippen LogP contribution in [0.25, 0.3) is 10.8 Å². The van der Waals surface area contributed by atoms with Crippen LogP contribution in [0.3, 0.4) is 0 Å². The third-order valence-electron chi connectivity index (χ3n) is 2.49. The summed E-state index contributed by atoms with van der Waals surface area (Å²) < 4.78 is 0. The summed E-state index contributed by atoms with van der Waals surface area (Å²) in [6.07, 6.45) is 0.